The van der Waals surface area contributed by atoms with E-state index >= 15 is 0 Å². The highest BCUT2D eigenvalue weighted by Crippen LogP contribution is 2.32. The number of rotatable bonds is 3. The molecule has 0 amide bonds. The minimum Gasteiger partial charge on any atom is -0.423 e. The summed E-state index contributed by atoms with van der Waals surface area (Å²) in [5.41, 5.74) is 3.92. The van der Waals surface area contributed by atoms with Crippen LogP contribution < -0.4 is 4.74 Å². The lowest BCUT2D eigenvalue weighted by atomic mass is 9.85. The van der Waals surface area contributed by atoms with Crippen molar-refractivity contribution < 1.29 is 9.53 Å². The number of esters is 1. The molecule has 0 bridgehead atoms. The Bertz CT molecular complexity index is 689. The highest BCUT2D eigenvalue weighted by atomic mass is 16.5. The maximum atomic E-state index is 12.4. The molecule has 0 aliphatic carbocycles. The first kappa shape index (κ1) is 17.3. The fourth-order valence-corrected chi connectivity index (χ4v) is 2.48. The van der Waals surface area contributed by atoms with Crippen LogP contribution in [0.1, 0.15) is 67.6 Å². The second kappa shape index (κ2) is 6.57. The topological polar surface area (TPSA) is 26.3 Å². The number of benzene rings is 2. The van der Waals surface area contributed by atoms with Crippen molar-refractivity contribution in [3.63, 3.8) is 0 Å². The Morgan fingerprint density at radius 2 is 1.61 bits per heavy atom. The summed E-state index contributed by atoms with van der Waals surface area (Å²) in [4.78, 5) is 12.4. The van der Waals surface area contributed by atoms with Crippen LogP contribution in [0.2, 0.25) is 0 Å². The van der Waals surface area contributed by atoms with Crippen molar-refractivity contribution in [1.82, 2.24) is 0 Å². The van der Waals surface area contributed by atoms with Gasteiger partial charge in [-0.3, -0.25) is 0 Å². The van der Waals surface area contributed by atoms with E-state index in [4.69, 9.17) is 4.74 Å². The van der Waals surface area contributed by atoms with Crippen LogP contribution >= 0.6 is 0 Å². The third-order valence-corrected chi connectivity index (χ3v) is 3.96. The average Bonchev–Trinajstić information content (AvgIpc) is 2.48. The van der Waals surface area contributed by atoms with E-state index in [1.807, 2.05) is 43.3 Å². The SMILES string of the molecule is Cc1ccc(OC(=O)c2ccc(C(C)C)cc2)c(C(C)(C)C)c1. The van der Waals surface area contributed by atoms with Gasteiger partial charge in [-0.1, -0.05) is 64.4 Å². The van der Waals surface area contributed by atoms with Crippen LogP contribution in [-0.4, -0.2) is 5.97 Å². The Morgan fingerprint density at radius 3 is 2.13 bits per heavy atom. The minimum atomic E-state index is -0.311. The lowest BCUT2D eigenvalue weighted by Crippen LogP contribution is -2.16. The number of ether oxygens (including phenoxy) is 1. The van der Waals surface area contributed by atoms with Crippen molar-refractivity contribution in [1.29, 1.82) is 0 Å². The van der Waals surface area contributed by atoms with Crippen LogP contribution in [0, 0.1) is 6.92 Å². The van der Waals surface area contributed by atoms with Gasteiger partial charge in [0.25, 0.3) is 0 Å². The number of carbonyl (C=O) groups is 1. The van der Waals surface area contributed by atoms with Crippen molar-refractivity contribution in [2.45, 2.75) is 52.9 Å². The summed E-state index contributed by atoms with van der Waals surface area (Å²) in [5.74, 6) is 0.778. The minimum absolute atomic E-state index is 0.0802. The number of hydrogen-bond acceptors (Lipinski definition) is 2. The average molecular weight is 310 g/mol. The molecule has 0 aromatic heterocycles. The van der Waals surface area contributed by atoms with Gasteiger partial charge in [0.1, 0.15) is 5.75 Å². The van der Waals surface area contributed by atoms with Gasteiger partial charge in [-0.05, 0) is 42.0 Å². The lowest BCUT2D eigenvalue weighted by Gasteiger charge is -2.22. The van der Waals surface area contributed by atoms with E-state index in [9.17, 15) is 4.79 Å². The molecule has 0 atom stereocenters. The molecule has 2 rings (SSSR count). The van der Waals surface area contributed by atoms with E-state index in [0.717, 1.165) is 11.1 Å². The van der Waals surface area contributed by atoms with E-state index in [1.54, 1.807) is 0 Å². The third kappa shape index (κ3) is 4.22. The first-order valence-electron chi connectivity index (χ1n) is 8.12. The second-order valence-electron chi connectivity index (χ2n) is 7.42. The fraction of sp³-hybridized carbons (Fsp3) is 0.381. The first-order chi connectivity index (χ1) is 10.7. The van der Waals surface area contributed by atoms with Gasteiger partial charge in [0.2, 0.25) is 0 Å². The molecule has 0 aliphatic heterocycles. The van der Waals surface area contributed by atoms with Crippen molar-refractivity contribution in [2.24, 2.45) is 0 Å². The summed E-state index contributed by atoms with van der Waals surface area (Å²) < 4.78 is 5.67. The van der Waals surface area contributed by atoms with Gasteiger partial charge in [-0.25, -0.2) is 4.79 Å². The van der Waals surface area contributed by atoms with E-state index in [-0.39, 0.29) is 11.4 Å². The summed E-state index contributed by atoms with van der Waals surface area (Å²) in [6, 6.07) is 13.6. The van der Waals surface area contributed by atoms with Gasteiger partial charge < -0.3 is 4.74 Å². The van der Waals surface area contributed by atoms with Crippen LogP contribution in [0.15, 0.2) is 42.5 Å². The van der Waals surface area contributed by atoms with Crippen LogP contribution in [0.3, 0.4) is 0 Å². The van der Waals surface area contributed by atoms with Gasteiger partial charge in [-0.15, -0.1) is 0 Å². The molecule has 0 unspecified atom stereocenters. The van der Waals surface area contributed by atoms with Crippen LogP contribution in [-0.2, 0) is 5.41 Å². The number of aryl methyl sites for hydroxylation is 1. The normalized spacial score (nSPS) is 11.6. The molecule has 2 heteroatoms. The summed E-state index contributed by atoms with van der Waals surface area (Å²) in [6.45, 7) is 12.7. The maximum Gasteiger partial charge on any atom is 0.343 e. The van der Waals surface area contributed by atoms with Crippen molar-refractivity contribution in [3.8, 4) is 5.75 Å². The lowest BCUT2D eigenvalue weighted by molar-refractivity contribution is 0.0732. The molecular formula is C21H26O2. The summed E-state index contributed by atoms with van der Waals surface area (Å²) in [7, 11) is 0. The van der Waals surface area contributed by atoms with Crippen LogP contribution in [0.25, 0.3) is 0 Å². The molecule has 2 nitrogen and oxygen atoms in total. The fourth-order valence-electron chi connectivity index (χ4n) is 2.48. The first-order valence-corrected chi connectivity index (χ1v) is 8.12. The highest BCUT2D eigenvalue weighted by molar-refractivity contribution is 5.91. The highest BCUT2D eigenvalue weighted by Gasteiger charge is 2.21. The summed E-state index contributed by atoms with van der Waals surface area (Å²) in [6.07, 6.45) is 0. The molecule has 0 N–H and O–H groups in total. The molecule has 0 fully saturated rings. The second-order valence-corrected chi connectivity index (χ2v) is 7.42. The summed E-state index contributed by atoms with van der Waals surface area (Å²) in [5, 5.41) is 0. The Kier molecular flexibility index (Phi) is 4.93. The molecule has 2 aromatic carbocycles. The van der Waals surface area contributed by atoms with Gasteiger partial charge in [0.15, 0.2) is 0 Å². The van der Waals surface area contributed by atoms with Gasteiger partial charge >= 0.3 is 5.97 Å². The quantitative estimate of drug-likeness (QED) is 0.542. The standard InChI is InChI=1S/C21H26O2/c1-14(2)16-8-10-17(11-9-16)20(22)23-19-12-7-15(3)13-18(19)21(4,5)6/h7-14H,1-6H3. The number of hydrogen-bond donors (Lipinski definition) is 0. The maximum absolute atomic E-state index is 12.4. The van der Waals surface area contributed by atoms with Crippen LogP contribution in [0.5, 0.6) is 5.75 Å². The van der Waals surface area contributed by atoms with E-state index in [2.05, 4.69) is 40.7 Å². The Morgan fingerprint density at radius 1 is 1.00 bits per heavy atom. The predicted molar refractivity (Wildman–Crippen MR) is 95.4 cm³/mol. The zero-order valence-electron chi connectivity index (χ0n) is 14.9. The molecule has 23 heavy (non-hydrogen) atoms. The zero-order valence-corrected chi connectivity index (χ0v) is 14.9. The Labute approximate surface area is 139 Å². The van der Waals surface area contributed by atoms with E-state index < -0.39 is 0 Å². The molecule has 0 heterocycles. The molecular weight excluding hydrogens is 284 g/mol. The molecule has 0 spiro atoms. The zero-order chi connectivity index (χ0) is 17.2. The molecule has 2 aromatic rings. The van der Waals surface area contributed by atoms with Crippen molar-refractivity contribution >= 4 is 5.97 Å². The molecule has 0 aliphatic rings. The van der Waals surface area contributed by atoms with Gasteiger partial charge in [0, 0.05) is 5.56 Å². The monoisotopic (exact) mass is 310 g/mol. The van der Waals surface area contributed by atoms with Crippen molar-refractivity contribution in [2.75, 3.05) is 0 Å². The van der Waals surface area contributed by atoms with Gasteiger partial charge in [-0.2, -0.15) is 0 Å². The van der Waals surface area contributed by atoms with Crippen molar-refractivity contribution in [3.05, 3.63) is 64.7 Å². The largest absolute Gasteiger partial charge is 0.423 e. The third-order valence-electron chi connectivity index (χ3n) is 3.96. The smallest absolute Gasteiger partial charge is 0.343 e. The van der Waals surface area contributed by atoms with E-state index in [1.165, 1.54) is 5.56 Å². The Balaban J connectivity index is 2.27. The molecule has 0 saturated carbocycles. The van der Waals surface area contributed by atoms with Gasteiger partial charge in [0.05, 0.1) is 5.56 Å². The van der Waals surface area contributed by atoms with Crippen LogP contribution in [0.4, 0.5) is 0 Å². The summed E-state index contributed by atoms with van der Waals surface area (Å²) >= 11 is 0. The molecule has 0 radical (unpaired) electrons. The number of carbonyl (C=O) groups excluding carboxylic acids is 1. The van der Waals surface area contributed by atoms with E-state index in [0.29, 0.717) is 17.2 Å². The predicted octanol–water partition coefficient (Wildman–Crippen LogP) is 5.64. The molecule has 122 valence electrons. The Hall–Kier alpha value is -2.09. The molecule has 0 saturated heterocycles.